The minimum Gasteiger partial charge on any atom is -0.321 e. The quantitative estimate of drug-likeness (QED) is 0.926. The highest BCUT2D eigenvalue weighted by molar-refractivity contribution is 7.90. The van der Waals surface area contributed by atoms with Crippen LogP contribution in [0.25, 0.3) is 0 Å². The Bertz CT molecular complexity index is 680. The second kappa shape index (κ2) is 5.19. The summed E-state index contributed by atoms with van der Waals surface area (Å²) < 4.78 is 22.6. The SMILES string of the molecule is CS(=O)(=O)c1ccc(NC(=O)c2ccccn2)cc1. The van der Waals surface area contributed by atoms with Crippen LogP contribution in [0.2, 0.25) is 0 Å². The van der Waals surface area contributed by atoms with Gasteiger partial charge in [0, 0.05) is 18.1 Å². The maximum Gasteiger partial charge on any atom is 0.274 e. The molecule has 19 heavy (non-hydrogen) atoms. The van der Waals surface area contributed by atoms with Gasteiger partial charge in [-0.25, -0.2) is 8.42 Å². The first kappa shape index (κ1) is 13.2. The zero-order valence-corrected chi connectivity index (χ0v) is 11.0. The molecule has 1 aromatic carbocycles. The number of pyridine rings is 1. The number of rotatable bonds is 3. The molecule has 0 aliphatic carbocycles. The van der Waals surface area contributed by atoms with Crippen molar-refractivity contribution in [2.45, 2.75) is 4.90 Å². The van der Waals surface area contributed by atoms with Crippen LogP contribution in [-0.4, -0.2) is 25.6 Å². The molecule has 2 aromatic rings. The van der Waals surface area contributed by atoms with E-state index in [-0.39, 0.29) is 10.8 Å². The number of hydrogen-bond donors (Lipinski definition) is 1. The summed E-state index contributed by atoms with van der Waals surface area (Å²) in [5.41, 5.74) is 0.817. The minimum absolute atomic E-state index is 0.211. The molecule has 0 aliphatic heterocycles. The first-order valence-corrected chi connectivity index (χ1v) is 7.38. The number of carbonyl (C=O) groups is 1. The van der Waals surface area contributed by atoms with E-state index in [1.165, 1.54) is 30.5 Å². The van der Waals surface area contributed by atoms with Gasteiger partial charge in [-0.05, 0) is 36.4 Å². The average molecular weight is 276 g/mol. The lowest BCUT2D eigenvalue weighted by Crippen LogP contribution is -2.13. The summed E-state index contributed by atoms with van der Waals surface area (Å²) in [5.74, 6) is -0.340. The van der Waals surface area contributed by atoms with Gasteiger partial charge in [-0.2, -0.15) is 0 Å². The van der Waals surface area contributed by atoms with E-state index in [9.17, 15) is 13.2 Å². The number of amides is 1. The van der Waals surface area contributed by atoms with Gasteiger partial charge in [0.25, 0.3) is 5.91 Å². The predicted molar refractivity (Wildman–Crippen MR) is 71.7 cm³/mol. The molecule has 5 nitrogen and oxygen atoms in total. The number of carbonyl (C=O) groups excluding carboxylic acids is 1. The van der Waals surface area contributed by atoms with Crippen LogP contribution >= 0.6 is 0 Å². The first-order chi connectivity index (χ1) is 8.97. The van der Waals surface area contributed by atoms with Crippen molar-refractivity contribution < 1.29 is 13.2 Å². The second-order valence-corrected chi connectivity index (χ2v) is 5.98. The zero-order chi connectivity index (χ0) is 13.9. The summed E-state index contributed by atoms with van der Waals surface area (Å²) in [6, 6.07) is 11.0. The molecular formula is C13H12N2O3S. The average Bonchev–Trinajstić information content (AvgIpc) is 2.39. The Labute approximate surface area is 111 Å². The Hall–Kier alpha value is -2.21. The van der Waals surface area contributed by atoms with Crippen molar-refractivity contribution in [3.8, 4) is 0 Å². The van der Waals surface area contributed by atoms with Crippen molar-refractivity contribution in [3.63, 3.8) is 0 Å². The smallest absolute Gasteiger partial charge is 0.274 e. The van der Waals surface area contributed by atoms with Crippen molar-refractivity contribution in [2.75, 3.05) is 11.6 Å². The Morgan fingerprint density at radius 1 is 1.11 bits per heavy atom. The number of nitrogens with zero attached hydrogens (tertiary/aromatic N) is 1. The highest BCUT2D eigenvalue weighted by atomic mass is 32.2. The number of benzene rings is 1. The molecule has 1 heterocycles. The summed E-state index contributed by atoms with van der Waals surface area (Å²) in [6.45, 7) is 0. The van der Waals surface area contributed by atoms with E-state index >= 15 is 0 Å². The molecule has 0 atom stereocenters. The minimum atomic E-state index is -3.23. The first-order valence-electron chi connectivity index (χ1n) is 5.49. The van der Waals surface area contributed by atoms with Gasteiger partial charge >= 0.3 is 0 Å². The van der Waals surface area contributed by atoms with Crippen molar-refractivity contribution in [2.24, 2.45) is 0 Å². The third kappa shape index (κ3) is 3.38. The molecule has 0 spiro atoms. The van der Waals surface area contributed by atoms with Gasteiger partial charge in [0.2, 0.25) is 0 Å². The maximum atomic E-state index is 11.8. The Morgan fingerprint density at radius 2 is 1.79 bits per heavy atom. The predicted octanol–water partition coefficient (Wildman–Crippen LogP) is 1.74. The van der Waals surface area contributed by atoms with E-state index in [4.69, 9.17) is 0 Å². The summed E-state index contributed by atoms with van der Waals surface area (Å²) in [7, 11) is -3.23. The molecule has 0 bridgehead atoms. The normalized spacial score (nSPS) is 11.0. The Balaban J connectivity index is 2.15. The van der Waals surface area contributed by atoms with Crippen LogP contribution in [0.4, 0.5) is 5.69 Å². The van der Waals surface area contributed by atoms with Crippen LogP contribution in [-0.2, 0) is 9.84 Å². The lowest BCUT2D eigenvalue weighted by Gasteiger charge is -2.05. The van der Waals surface area contributed by atoms with E-state index in [1.54, 1.807) is 18.2 Å². The van der Waals surface area contributed by atoms with Gasteiger partial charge in [-0.1, -0.05) is 6.07 Å². The Morgan fingerprint density at radius 3 is 2.32 bits per heavy atom. The molecule has 0 saturated carbocycles. The lowest BCUT2D eigenvalue weighted by atomic mass is 10.3. The third-order valence-electron chi connectivity index (χ3n) is 2.44. The maximum absolute atomic E-state index is 11.8. The largest absolute Gasteiger partial charge is 0.321 e. The molecule has 0 fully saturated rings. The fraction of sp³-hybridized carbons (Fsp3) is 0.0769. The number of hydrogen-bond acceptors (Lipinski definition) is 4. The van der Waals surface area contributed by atoms with Crippen LogP contribution in [0.5, 0.6) is 0 Å². The van der Waals surface area contributed by atoms with E-state index < -0.39 is 9.84 Å². The van der Waals surface area contributed by atoms with E-state index in [2.05, 4.69) is 10.3 Å². The van der Waals surface area contributed by atoms with Crippen LogP contribution in [0.15, 0.2) is 53.6 Å². The highest BCUT2D eigenvalue weighted by Crippen LogP contribution is 2.14. The third-order valence-corrected chi connectivity index (χ3v) is 3.57. The van der Waals surface area contributed by atoms with E-state index in [0.29, 0.717) is 11.4 Å². The highest BCUT2D eigenvalue weighted by Gasteiger charge is 2.09. The molecule has 6 heteroatoms. The lowest BCUT2D eigenvalue weighted by molar-refractivity contribution is 0.102. The van der Waals surface area contributed by atoms with Crippen molar-refractivity contribution in [3.05, 3.63) is 54.4 Å². The number of anilines is 1. The molecular weight excluding hydrogens is 264 g/mol. The molecule has 1 N–H and O–H groups in total. The molecule has 0 unspecified atom stereocenters. The van der Waals surface area contributed by atoms with E-state index in [0.717, 1.165) is 6.26 Å². The van der Waals surface area contributed by atoms with Crippen molar-refractivity contribution >= 4 is 21.4 Å². The van der Waals surface area contributed by atoms with Crippen LogP contribution in [0, 0.1) is 0 Å². The van der Waals surface area contributed by atoms with E-state index in [1.807, 2.05) is 0 Å². The zero-order valence-electron chi connectivity index (χ0n) is 10.2. The van der Waals surface area contributed by atoms with Gasteiger partial charge in [-0.15, -0.1) is 0 Å². The molecule has 0 aliphatic rings. The van der Waals surface area contributed by atoms with Crippen LogP contribution < -0.4 is 5.32 Å². The summed E-state index contributed by atoms with van der Waals surface area (Å²) >= 11 is 0. The van der Waals surface area contributed by atoms with Gasteiger partial charge in [-0.3, -0.25) is 9.78 Å². The van der Waals surface area contributed by atoms with Crippen molar-refractivity contribution in [1.82, 2.24) is 4.98 Å². The molecule has 1 aromatic heterocycles. The van der Waals surface area contributed by atoms with Gasteiger partial charge in [0.05, 0.1) is 4.90 Å². The summed E-state index contributed by atoms with van der Waals surface area (Å²) in [4.78, 5) is 15.9. The summed E-state index contributed by atoms with van der Waals surface area (Å²) in [6.07, 6.45) is 2.66. The number of sulfone groups is 1. The van der Waals surface area contributed by atoms with Gasteiger partial charge < -0.3 is 5.32 Å². The fourth-order valence-electron chi connectivity index (χ4n) is 1.48. The summed E-state index contributed by atoms with van der Waals surface area (Å²) in [5, 5.41) is 2.64. The molecule has 0 radical (unpaired) electrons. The molecule has 98 valence electrons. The topological polar surface area (TPSA) is 76.1 Å². The monoisotopic (exact) mass is 276 g/mol. The second-order valence-electron chi connectivity index (χ2n) is 3.97. The number of aromatic nitrogens is 1. The molecule has 0 saturated heterocycles. The molecule has 2 rings (SSSR count). The van der Waals surface area contributed by atoms with Crippen molar-refractivity contribution in [1.29, 1.82) is 0 Å². The van der Waals surface area contributed by atoms with Gasteiger partial charge in [0.15, 0.2) is 9.84 Å². The fourth-order valence-corrected chi connectivity index (χ4v) is 2.11. The van der Waals surface area contributed by atoms with Crippen LogP contribution in [0.1, 0.15) is 10.5 Å². The Kier molecular flexibility index (Phi) is 3.62. The van der Waals surface area contributed by atoms with Crippen LogP contribution in [0.3, 0.4) is 0 Å². The molecule has 1 amide bonds. The standard InChI is InChI=1S/C13H12N2O3S/c1-19(17,18)11-7-5-10(6-8-11)15-13(16)12-4-2-3-9-14-12/h2-9H,1H3,(H,15,16). The van der Waals surface area contributed by atoms with Gasteiger partial charge in [0.1, 0.15) is 5.69 Å². The number of nitrogens with one attached hydrogen (secondary N) is 1.